The molecule has 4 N–H and O–H groups in total. The number of anilines is 3. The third kappa shape index (κ3) is 6.07. The summed E-state index contributed by atoms with van der Waals surface area (Å²) in [5.74, 6) is -0.309. The van der Waals surface area contributed by atoms with E-state index < -0.39 is 17.2 Å². The number of carbonyl (C=O) groups is 2. The fourth-order valence-corrected chi connectivity index (χ4v) is 3.37. The minimum atomic E-state index is -0.639. The predicted octanol–water partition coefficient (Wildman–Crippen LogP) is 2.08. The van der Waals surface area contributed by atoms with Gasteiger partial charge in [-0.3, -0.25) is 23.9 Å². The topological polar surface area (TPSA) is 130 Å². The van der Waals surface area contributed by atoms with Crippen molar-refractivity contribution in [3.05, 3.63) is 50.7 Å². The molecule has 9 nitrogen and oxygen atoms in total. The summed E-state index contributed by atoms with van der Waals surface area (Å²) in [5.41, 5.74) is 5.89. The lowest BCUT2D eigenvalue weighted by molar-refractivity contribution is -0.115. The Morgan fingerprint density at radius 1 is 1.13 bits per heavy atom. The van der Waals surface area contributed by atoms with Crippen LogP contribution in [0.1, 0.15) is 45.0 Å². The van der Waals surface area contributed by atoms with Crippen LogP contribution in [-0.2, 0) is 11.3 Å². The van der Waals surface area contributed by atoms with Gasteiger partial charge >= 0.3 is 5.69 Å². The first kappa shape index (κ1) is 23.9. The van der Waals surface area contributed by atoms with E-state index in [2.05, 4.69) is 10.3 Å². The van der Waals surface area contributed by atoms with Crippen LogP contribution in [0.4, 0.5) is 17.2 Å². The SMILES string of the molecule is CC(=O)c1ccccc1NC(=O)CN(CC(C)C)c1c(N)n(CC(C)C)c(=O)[nH]c1=O. The van der Waals surface area contributed by atoms with Crippen LogP contribution >= 0.6 is 0 Å². The van der Waals surface area contributed by atoms with E-state index in [1.165, 1.54) is 11.5 Å². The van der Waals surface area contributed by atoms with Gasteiger partial charge in [0.15, 0.2) is 5.78 Å². The Morgan fingerprint density at radius 2 is 1.77 bits per heavy atom. The van der Waals surface area contributed by atoms with Crippen molar-refractivity contribution in [3.63, 3.8) is 0 Å². The van der Waals surface area contributed by atoms with Crippen molar-refractivity contribution >= 4 is 28.9 Å². The Morgan fingerprint density at radius 3 is 2.35 bits per heavy atom. The predicted molar refractivity (Wildman–Crippen MR) is 123 cm³/mol. The van der Waals surface area contributed by atoms with Gasteiger partial charge in [0.05, 0.1) is 12.2 Å². The smallest absolute Gasteiger partial charge is 0.330 e. The Hall–Kier alpha value is -3.36. The molecule has 1 heterocycles. The molecule has 1 aromatic carbocycles. The molecule has 2 aromatic rings. The molecular formula is C22H31N5O4. The van der Waals surface area contributed by atoms with E-state index in [1.807, 2.05) is 27.7 Å². The number of amides is 1. The number of nitrogens with zero attached hydrogens (tertiary/aromatic N) is 2. The van der Waals surface area contributed by atoms with Gasteiger partial charge in [0.1, 0.15) is 11.5 Å². The van der Waals surface area contributed by atoms with Crippen LogP contribution in [0.3, 0.4) is 0 Å². The number of nitrogens with one attached hydrogen (secondary N) is 2. The van der Waals surface area contributed by atoms with Crippen molar-refractivity contribution in [1.29, 1.82) is 0 Å². The molecule has 2 rings (SSSR count). The molecule has 0 atom stereocenters. The number of ketones is 1. The lowest BCUT2D eigenvalue weighted by Gasteiger charge is -2.27. The van der Waals surface area contributed by atoms with Crippen molar-refractivity contribution in [2.24, 2.45) is 11.8 Å². The molecule has 0 aliphatic carbocycles. The zero-order valence-electron chi connectivity index (χ0n) is 18.7. The Bertz CT molecular complexity index is 1070. The Kier molecular flexibility index (Phi) is 7.79. The summed E-state index contributed by atoms with van der Waals surface area (Å²) in [6.45, 7) is 9.72. The normalized spacial score (nSPS) is 11.1. The van der Waals surface area contributed by atoms with E-state index >= 15 is 0 Å². The van der Waals surface area contributed by atoms with E-state index in [0.29, 0.717) is 24.3 Å². The highest BCUT2D eigenvalue weighted by Crippen LogP contribution is 2.20. The summed E-state index contributed by atoms with van der Waals surface area (Å²) >= 11 is 0. The first-order valence-electron chi connectivity index (χ1n) is 10.3. The van der Waals surface area contributed by atoms with Crippen LogP contribution in [0.5, 0.6) is 0 Å². The number of nitrogens with two attached hydrogens (primary N) is 1. The zero-order chi connectivity index (χ0) is 23.3. The highest BCUT2D eigenvalue weighted by atomic mass is 16.2. The minimum Gasteiger partial charge on any atom is -0.383 e. The monoisotopic (exact) mass is 429 g/mol. The summed E-state index contributed by atoms with van der Waals surface area (Å²) in [4.78, 5) is 53.4. The van der Waals surface area contributed by atoms with Crippen molar-refractivity contribution in [2.45, 2.75) is 41.2 Å². The summed E-state index contributed by atoms with van der Waals surface area (Å²) < 4.78 is 1.32. The van der Waals surface area contributed by atoms with Crippen LogP contribution in [0.15, 0.2) is 33.9 Å². The number of rotatable bonds is 9. The summed E-state index contributed by atoms with van der Waals surface area (Å²) in [6, 6.07) is 6.72. The minimum absolute atomic E-state index is 0.0278. The molecule has 0 saturated carbocycles. The third-order valence-corrected chi connectivity index (χ3v) is 4.58. The van der Waals surface area contributed by atoms with Crippen LogP contribution in [0.2, 0.25) is 0 Å². The average Bonchev–Trinajstić information content (AvgIpc) is 2.64. The molecule has 0 saturated heterocycles. The van der Waals surface area contributed by atoms with Crippen molar-refractivity contribution in [1.82, 2.24) is 9.55 Å². The molecule has 168 valence electrons. The van der Waals surface area contributed by atoms with Crippen LogP contribution in [0.25, 0.3) is 0 Å². The van der Waals surface area contributed by atoms with Gasteiger partial charge in [0.2, 0.25) is 5.91 Å². The second-order valence-electron chi connectivity index (χ2n) is 8.42. The highest BCUT2D eigenvalue weighted by Gasteiger charge is 2.22. The highest BCUT2D eigenvalue weighted by molar-refractivity contribution is 6.04. The van der Waals surface area contributed by atoms with Gasteiger partial charge in [-0.25, -0.2) is 4.79 Å². The third-order valence-electron chi connectivity index (χ3n) is 4.58. The van der Waals surface area contributed by atoms with Crippen molar-refractivity contribution in [3.8, 4) is 0 Å². The maximum atomic E-state index is 12.8. The Balaban J connectivity index is 2.41. The standard InChI is InChI=1S/C22H31N5O4/c1-13(2)10-26(12-18(29)24-17-9-7-6-8-16(17)15(5)28)19-20(23)27(11-14(3)4)22(31)25-21(19)30/h6-9,13-14H,10-12,23H2,1-5H3,(H,24,29)(H,25,30,31). The number of aromatic amines is 1. The van der Waals surface area contributed by atoms with Gasteiger partial charge in [0.25, 0.3) is 5.56 Å². The molecule has 0 bridgehead atoms. The number of benzene rings is 1. The molecule has 1 aromatic heterocycles. The number of nitrogen functional groups attached to an aromatic ring is 1. The molecule has 31 heavy (non-hydrogen) atoms. The van der Waals surface area contributed by atoms with E-state index in [1.54, 1.807) is 29.2 Å². The number of hydrogen-bond acceptors (Lipinski definition) is 6. The Labute approximate surface area is 181 Å². The fourth-order valence-electron chi connectivity index (χ4n) is 3.37. The molecular weight excluding hydrogens is 398 g/mol. The molecule has 0 radical (unpaired) electrons. The van der Waals surface area contributed by atoms with E-state index in [0.717, 1.165) is 0 Å². The molecule has 1 amide bonds. The van der Waals surface area contributed by atoms with E-state index in [9.17, 15) is 19.2 Å². The van der Waals surface area contributed by atoms with Gasteiger partial charge in [-0.1, -0.05) is 39.8 Å². The second kappa shape index (κ2) is 10.1. The molecule has 0 aliphatic rings. The van der Waals surface area contributed by atoms with Crippen LogP contribution in [-0.4, -0.2) is 34.3 Å². The molecule has 0 spiro atoms. The van der Waals surface area contributed by atoms with Gasteiger partial charge in [0, 0.05) is 18.7 Å². The van der Waals surface area contributed by atoms with Crippen molar-refractivity contribution in [2.75, 3.05) is 29.0 Å². The van der Waals surface area contributed by atoms with Gasteiger partial charge in [-0.15, -0.1) is 0 Å². The number of aromatic nitrogens is 2. The number of H-pyrrole nitrogens is 1. The molecule has 0 fully saturated rings. The van der Waals surface area contributed by atoms with Crippen molar-refractivity contribution < 1.29 is 9.59 Å². The summed E-state index contributed by atoms with van der Waals surface area (Å²) in [7, 11) is 0. The number of carbonyl (C=O) groups excluding carboxylic acids is 2. The van der Waals surface area contributed by atoms with E-state index in [-0.39, 0.29) is 35.7 Å². The molecule has 0 unspecified atom stereocenters. The van der Waals surface area contributed by atoms with Gasteiger partial charge in [-0.05, 0) is 30.9 Å². The average molecular weight is 430 g/mol. The lowest BCUT2D eigenvalue weighted by Crippen LogP contribution is -2.43. The second-order valence-corrected chi connectivity index (χ2v) is 8.42. The number of para-hydroxylation sites is 1. The zero-order valence-corrected chi connectivity index (χ0v) is 18.7. The fraction of sp³-hybridized carbons (Fsp3) is 0.455. The first-order chi connectivity index (χ1) is 14.5. The molecule has 0 aliphatic heterocycles. The largest absolute Gasteiger partial charge is 0.383 e. The van der Waals surface area contributed by atoms with Gasteiger partial charge < -0.3 is 16.0 Å². The number of hydrogen-bond donors (Lipinski definition) is 3. The van der Waals surface area contributed by atoms with Crippen LogP contribution < -0.4 is 27.2 Å². The van der Waals surface area contributed by atoms with Crippen LogP contribution in [0, 0.1) is 11.8 Å². The lowest BCUT2D eigenvalue weighted by atomic mass is 10.1. The summed E-state index contributed by atoms with van der Waals surface area (Å²) in [5, 5.41) is 2.74. The first-order valence-corrected chi connectivity index (χ1v) is 10.3. The van der Waals surface area contributed by atoms with E-state index in [4.69, 9.17) is 5.73 Å². The maximum Gasteiger partial charge on any atom is 0.330 e. The molecule has 9 heteroatoms. The quantitative estimate of drug-likeness (QED) is 0.523. The maximum absolute atomic E-state index is 12.8. The summed E-state index contributed by atoms with van der Waals surface area (Å²) in [6.07, 6.45) is 0. The van der Waals surface area contributed by atoms with Gasteiger partial charge in [-0.2, -0.15) is 0 Å². The number of Topliss-reactive ketones (excluding diaryl/α,β-unsaturated/α-hetero) is 1.